The Morgan fingerprint density at radius 2 is 1.97 bits per heavy atom. The van der Waals surface area contributed by atoms with Gasteiger partial charge in [0, 0.05) is 36.5 Å². The summed E-state index contributed by atoms with van der Waals surface area (Å²) in [6.07, 6.45) is 3.36. The van der Waals surface area contributed by atoms with Gasteiger partial charge in [-0.3, -0.25) is 14.9 Å². The van der Waals surface area contributed by atoms with Crippen LogP contribution in [0.3, 0.4) is 0 Å². The summed E-state index contributed by atoms with van der Waals surface area (Å²) in [4.78, 5) is 29.8. The number of nitrogens with zero attached hydrogens (tertiary/aromatic N) is 5. The van der Waals surface area contributed by atoms with Crippen LogP contribution >= 0.6 is 0 Å². The number of aromatic nitrogens is 3. The van der Waals surface area contributed by atoms with Crippen molar-refractivity contribution in [1.82, 2.24) is 19.5 Å². The quantitative estimate of drug-likeness (QED) is 0.807. The summed E-state index contributed by atoms with van der Waals surface area (Å²) in [5.41, 5.74) is 1.69. The van der Waals surface area contributed by atoms with E-state index in [-0.39, 0.29) is 29.6 Å². The van der Waals surface area contributed by atoms with Gasteiger partial charge in [0.1, 0.15) is 12.3 Å². The maximum Gasteiger partial charge on any atom is 0.260 e. The Bertz CT molecular complexity index is 1090. The van der Waals surface area contributed by atoms with Crippen LogP contribution in [0.4, 0.5) is 14.7 Å². The van der Waals surface area contributed by atoms with Crippen LogP contribution in [0.15, 0.2) is 18.2 Å². The second-order valence-electron chi connectivity index (χ2n) is 9.02. The molecule has 3 aliphatic rings. The predicted octanol–water partition coefficient (Wildman–Crippen LogP) is 2.72. The average Bonchev–Trinajstić information content (AvgIpc) is 3.16. The predicted molar refractivity (Wildman–Crippen MR) is 105 cm³/mol. The van der Waals surface area contributed by atoms with Gasteiger partial charge in [-0.1, -0.05) is 6.07 Å². The molecule has 10 heteroatoms. The molecule has 2 amide bonds. The Morgan fingerprint density at radius 1 is 1.26 bits per heavy atom. The molecule has 0 aromatic carbocycles. The SMILES string of the molecule is N#CCC(=O)N1CC2(CCC(c3cccc4nc(NC(=O)[C@@H]5CC5(F)F)nn34)CC2)C1. The zero-order valence-electron chi connectivity index (χ0n) is 16.9. The first kappa shape index (κ1) is 19.8. The zero-order chi connectivity index (χ0) is 21.8. The third-order valence-corrected chi connectivity index (χ3v) is 6.87. The molecule has 1 spiro atoms. The number of pyridine rings is 1. The van der Waals surface area contributed by atoms with Crippen molar-refractivity contribution in [3.05, 3.63) is 23.9 Å². The van der Waals surface area contributed by atoms with Gasteiger partial charge in [-0.25, -0.2) is 13.3 Å². The largest absolute Gasteiger partial charge is 0.341 e. The molecular formula is C21H22F2N6O2. The van der Waals surface area contributed by atoms with Gasteiger partial charge >= 0.3 is 0 Å². The molecule has 0 unspecified atom stereocenters. The van der Waals surface area contributed by atoms with Crippen molar-refractivity contribution in [2.45, 2.75) is 50.4 Å². The number of halogens is 2. The van der Waals surface area contributed by atoms with Crippen LogP contribution in [0.2, 0.25) is 0 Å². The van der Waals surface area contributed by atoms with E-state index < -0.39 is 24.2 Å². The first-order chi connectivity index (χ1) is 14.8. The number of hydrogen-bond donors (Lipinski definition) is 1. The van der Waals surface area contributed by atoms with Crippen LogP contribution in [-0.2, 0) is 9.59 Å². The molecule has 2 aromatic heterocycles. The van der Waals surface area contributed by atoms with Crippen LogP contribution in [0.5, 0.6) is 0 Å². The molecule has 1 aliphatic heterocycles. The highest BCUT2D eigenvalue weighted by Gasteiger charge is 2.61. The van der Waals surface area contributed by atoms with Crippen LogP contribution in [0, 0.1) is 22.7 Å². The third kappa shape index (κ3) is 3.52. The molecule has 2 saturated carbocycles. The smallest absolute Gasteiger partial charge is 0.260 e. The minimum absolute atomic E-state index is 0.0399. The Morgan fingerprint density at radius 3 is 2.61 bits per heavy atom. The van der Waals surface area contributed by atoms with E-state index in [1.54, 1.807) is 15.5 Å². The van der Waals surface area contributed by atoms with E-state index in [1.807, 2.05) is 18.2 Å². The van der Waals surface area contributed by atoms with Crippen molar-refractivity contribution < 1.29 is 18.4 Å². The maximum absolute atomic E-state index is 13.1. The van der Waals surface area contributed by atoms with Gasteiger partial charge in [0.15, 0.2) is 5.65 Å². The number of amides is 2. The van der Waals surface area contributed by atoms with Gasteiger partial charge in [0.25, 0.3) is 5.92 Å². The molecule has 162 valence electrons. The molecule has 1 N–H and O–H groups in total. The second-order valence-corrected chi connectivity index (χ2v) is 9.02. The second kappa shape index (κ2) is 6.97. The van der Waals surface area contributed by atoms with Crippen molar-refractivity contribution in [1.29, 1.82) is 5.26 Å². The third-order valence-electron chi connectivity index (χ3n) is 6.87. The molecule has 3 heterocycles. The van der Waals surface area contributed by atoms with Gasteiger partial charge in [0.05, 0.1) is 6.07 Å². The fourth-order valence-corrected chi connectivity index (χ4v) is 4.94. The summed E-state index contributed by atoms with van der Waals surface area (Å²) in [7, 11) is 0. The number of hydrogen-bond acceptors (Lipinski definition) is 5. The molecule has 8 nitrogen and oxygen atoms in total. The average molecular weight is 428 g/mol. The molecule has 5 rings (SSSR count). The number of nitriles is 1. The van der Waals surface area contributed by atoms with Crippen molar-refractivity contribution in [2.24, 2.45) is 11.3 Å². The van der Waals surface area contributed by atoms with Crippen LogP contribution in [-0.4, -0.2) is 50.3 Å². The maximum atomic E-state index is 13.1. The number of carbonyl (C=O) groups is 2. The van der Waals surface area contributed by atoms with Gasteiger partial charge in [-0.2, -0.15) is 10.2 Å². The van der Waals surface area contributed by atoms with E-state index >= 15 is 0 Å². The summed E-state index contributed by atoms with van der Waals surface area (Å²) in [6.45, 7) is 1.44. The minimum Gasteiger partial charge on any atom is -0.341 e. The zero-order valence-corrected chi connectivity index (χ0v) is 16.9. The van der Waals surface area contributed by atoms with Crippen molar-refractivity contribution in [3.8, 4) is 6.07 Å². The lowest BCUT2D eigenvalue weighted by Gasteiger charge is -2.53. The van der Waals surface area contributed by atoms with E-state index in [0.717, 1.165) is 44.5 Å². The van der Waals surface area contributed by atoms with E-state index in [2.05, 4.69) is 15.4 Å². The normalized spacial score (nSPS) is 23.9. The summed E-state index contributed by atoms with van der Waals surface area (Å²) in [5, 5.41) is 15.5. The first-order valence-electron chi connectivity index (χ1n) is 10.5. The monoisotopic (exact) mass is 428 g/mol. The summed E-state index contributed by atoms with van der Waals surface area (Å²) >= 11 is 0. The standard InChI is InChI=1S/C21H22F2N6O2/c22-21(23)10-14(21)18(31)26-19-25-16-3-1-2-15(29(16)27-19)13-4-7-20(8-5-13)11-28(12-20)17(30)6-9-24/h1-3,13-14H,4-8,10-12H2,(H,26,27,31)/t14-/m0/s1. The molecule has 31 heavy (non-hydrogen) atoms. The fourth-order valence-electron chi connectivity index (χ4n) is 4.94. The number of nitrogens with one attached hydrogen (secondary N) is 1. The lowest BCUT2D eigenvalue weighted by Crippen LogP contribution is -2.59. The summed E-state index contributed by atoms with van der Waals surface area (Å²) in [5.74, 6) is -4.77. The van der Waals surface area contributed by atoms with E-state index in [9.17, 15) is 18.4 Å². The van der Waals surface area contributed by atoms with E-state index in [4.69, 9.17) is 5.26 Å². The molecule has 1 atom stereocenters. The molecular weight excluding hydrogens is 406 g/mol. The Labute approximate surface area is 177 Å². The van der Waals surface area contributed by atoms with Gasteiger partial charge < -0.3 is 4.90 Å². The van der Waals surface area contributed by atoms with Crippen molar-refractivity contribution in [3.63, 3.8) is 0 Å². The van der Waals surface area contributed by atoms with E-state index in [0.29, 0.717) is 5.65 Å². The highest BCUT2D eigenvalue weighted by Crippen LogP contribution is 2.49. The van der Waals surface area contributed by atoms with Crippen molar-refractivity contribution in [2.75, 3.05) is 18.4 Å². The number of carbonyl (C=O) groups excluding carboxylic acids is 2. The Hall–Kier alpha value is -3.09. The van der Waals surface area contributed by atoms with Crippen LogP contribution < -0.4 is 5.32 Å². The topological polar surface area (TPSA) is 103 Å². The lowest BCUT2D eigenvalue weighted by molar-refractivity contribution is -0.144. The van der Waals surface area contributed by atoms with Crippen LogP contribution in [0.1, 0.15) is 50.1 Å². The Kier molecular flexibility index (Phi) is 4.46. The molecule has 1 saturated heterocycles. The first-order valence-corrected chi connectivity index (χ1v) is 10.5. The molecule has 2 aliphatic carbocycles. The lowest BCUT2D eigenvalue weighted by atomic mass is 9.65. The Balaban J connectivity index is 1.25. The molecule has 2 aromatic rings. The number of rotatable bonds is 4. The highest BCUT2D eigenvalue weighted by atomic mass is 19.3. The minimum atomic E-state index is -2.93. The molecule has 3 fully saturated rings. The highest BCUT2D eigenvalue weighted by molar-refractivity contribution is 5.94. The van der Waals surface area contributed by atoms with E-state index in [1.165, 1.54) is 0 Å². The molecule has 0 radical (unpaired) electrons. The van der Waals surface area contributed by atoms with Crippen molar-refractivity contribution >= 4 is 23.4 Å². The number of likely N-dealkylation sites (tertiary alicyclic amines) is 1. The summed E-state index contributed by atoms with van der Waals surface area (Å²) < 4.78 is 27.9. The number of fused-ring (bicyclic) bond motifs is 1. The van der Waals surface area contributed by atoms with Crippen LogP contribution in [0.25, 0.3) is 5.65 Å². The number of anilines is 1. The van der Waals surface area contributed by atoms with Gasteiger partial charge in [0.2, 0.25) is 17.8 Å². The van der Waals surface area contributed by atoms with Gasteiger partial charge in [-0.05, 0) is 37.8 Å². The van der Waals surface area contributed by atoms with Gasteiger partial charge in [-0.15, -0.1) is 5.10 Å². The fraction of sp³-hybridized carbons (Fsp3) is 0.571. The number of alkyl halides is 2. The summed E-state index contributed by atoms with van der Waals surface area (Å²) in [6, 6.07) is 7.55. The molecule has 0 bridgehead atoms.